The largest absolute Gasteiger partial charge is 0.490 e. The topological polar surface area (TPSA) is 118 Å². The highest BCUT2D eigenvalue weighted by Gasteiger charge is 2.22. The summed E-state index contributed by atoms with van der Waals surface area (Å²) in [5.41, 5.74) is 1.44. The first kappa shape index (κ1) is 26.3. The predicted molar refractivity (Wildman–Crippen MR) is 130 cm³/mol. The minimum absolute atomic E-state index is 0.0323. The van der Waals surface area contributed by atoms with E-state index in [-0.39, 0.29) is 28.9 Å². The van der Waals surface area contributed by atoms with Gasteiger partial charge in [-0.3, -0.25) is 15.1 Å². The van der Waals surface area contributed by atoms with E-state index >= 15 is 0 Å². The van der Waals surface area contributed by atoms with Gasteiger partial charge in [0.25, 0.3) is 5.91 Å². The van der Waals surface area contributed by atoms with E-state index in [2.05, 4.69) is 16.7 Å². The first-order valence-corrected chi connectivity index (χ1v) is 11.1. The number of nitrogens with zero attached hydrogens (tertiary/aromatic N) is 2. The molecule has 1 unspecified atom stereocenters. The number of anilines is 2. The molecule has 0 spiro atoms. The maximum Gasteiger partial charge on any atom is 0.327 e. The van der Waals surface area contributed by atoms with Crippen molar-refractivity contribution in [1.82, 2.24) is 4.90 Å². The number of nitrogens with one attached hydrogen (secondary N) is 3. The van der Waals surface area contributed by atoms with Crippen LogP contribution in [0.15, 0.2) is 30.3 Å². The van der Waals surface area contributed by atoms with Gasteiger partial charge in [0.1, 0.15) is 17.4 Å². The van der Waals surface area contributed by atoms with Crippen LogP contribution < -0.4 is 15.4 Å². The lowest BCUT2D eigenvalue weighted by molar-refractivity contribution is 0.101. The zero-order valence-electron chi connectivity index (χ0n) is 20.1. The Morgan fingerprint density at radius 2 is 1.94 bits per heavy atom. The Balaban J connectivity index is 2.39. The van der Waals surface area contributed by atoms with Crippen LogP contribution in [-0.4, -0.2) is 35.8 Å². The van der Waals surface area contributed by atoms with E-state index in [0.29, 0.717) is 29.7 Å². The lowest BCUT2D eigenvalue weighted by Gasteiger charge is -2.21. The molecule has 2 aromatic rings. The second-order valence-electron chi connectivity index (χ2n) is 7.93. The summed E-state index contributed by atoms with van der Waals surface area (Å²) in [6.45, 7) is 7.32. The van der Waals surface area contributed by atoms with Crippen LogP contribution in [0.1, 0.15) is 61.5 Å². The Labute approximate surface area is 199 Å². The Morgan fingerprint density at radius 3 is 2.53 bits per heavy atom. The van der Waals surface area contributed by atoms with Gasteiger partial charge in [-0.15, -0.1) is 0 Å². The molecule has 8 nitrogen and oxygen atoms in total. The van der Waals surface area contributed by atoms with Gasteiger partial charge < -0.3 is 15.4 Å². The number of urea groups is 1. The smallest absolute Gasteiger partial charge is 0.327 e. The Hall–Kier alpha value is -3.93. The molecule has 0 heterocycles. The molecular weight excluding hydrogens is 437 g/mol. The number of carbonyl (C=O) groups excluding carboxylic acids is 2. The molecule has 180 valence electrons. The number of ether oxygens (including phenoxy) is 1. The second kappa shape index (κ2) is 11.8. The minimum atomic E-state index is -0.818. The van der Waals surface area contributed by atoms with Crippen LogP contribution >= 0.6 is 0 Å². The lowest BCUT2D eigenvalue weighted by Crippen LogP contribution is -2.36. The SMILES string of the molecule is CCCC(C)Oc1cc(NC(=O)N(C)C(=N)CC)c(F)cc1C(=O)Nc1ccc(C#N)c(C)c1. The number of aryl methyl sites for hydroxylation is 1. The average molecular weight is 468 g/mol. The van der Waals surface area contributed by atoms with Crippen LogP contribution in [0.4, 0.5) is 20.6 Å². The Morgan fingerprint density at radius 1 is 1.24 bits per heavy atom. The van der Waals surface area contributed by atoms with Gasteiger partial charge in [0, 0.05) is 25.2 Å². The maximum absolute atomic E-state index is 14.9. The highest BCUT2D eigenvalue weighted by Crippen LogP contribution is 2.29. The van der Waals surface area contributed by atoms with Crippen molar-refractivity contribution >= 4 is 29.1 Å². The van der Waals surface area contributed by atoms with Crippen molar-refractivity contribution in [2.45, 2.75) is 53.1 Å². The van der Waals surface area contributed by atoms with Crippen molar-refractivity contribution in [3.8, 4) is 11.8 Å². The molecule has 0 aliphatic carbocycles. The fraction of sp³-hybridized carbons (Fsp3) is 0.360. The molecule has 0 saturated heterocycles. The molecule has 0 aliphatic rings. The number of carbonyl (C=O) groups is 2. The van der Waals surface area contributed by atoms with Gasteiger partial charge in [-0.2, -0.15) is 5.26 Å². The highest BCUT2D eigenvalue weighted by molar-refractivity contribution is 6.07. The van der Waals surface area contributed by atoms with E-state index < -0.39 is 17.8 Å². The van der Waals surface area contributed by atoms with Gasteiger partial charge in [0.15, 0.2) is 0 Å². The Bertz CT molecular complexity index is 1130. The van der Waals surface area contributed by atoms with Gasteiger partial charge in [-0.1, -0.05) is 20.3 Å². The molecule has 0 fully saturated rings. The van der Waals surface area contributed by atoms with Crippen LogP contribution in [0.3, 0.4) is 0 Å². The van der Waals surface area contributed by atoms with Gasteiger partial charge in [0.2, 0.25) is 0 Å². The van der Waals surface area contributed by atoms with Crippen LogP contribution in [-0.2, 0) is 0 Å². The summed E-state index contributed by atoms with van der Waals surface area (Å²) in [5.74, 6) is -1.22. The summed E-state index contributed by atoms with van der Waals surface area (Å²) in [5, 5.41) is 22.0. The minimum Gasteiger partial charge on any atom is -0.490 e. The number of amidine groups is 1. The summed E-state index contributed by atoms with van der Waals surface area (Å²) in [7, 11) is 1.42. The molecule has 1 atom stereocenters. The first-order valence-electron chi connectivity index (χ1n) is 11.1. The molecule has 0 aliphatic heterocycles. The maximum atomic E-state index is 14.9. The molecule has 3 N–H and O–H groups in total. The molecule has 9 heteroatoms. The molecule has 34 heavy (non-hydrogen) atoms. The number of benzene rings is 2. The van der Waals surface area contributed by atoms with E-state index in [1.54, 1.807) is 32.0 Å². The van der Waals surface area contributed by atoms with Crippen LogP contribution in [0.25, 0.3) is 0 Å². The summed E-state index contributed by atoms with van der Waals surface area (Å²) in [6, 6.07) is 8.52. The number of hydrogen-bond acceptors (Lipinski definition) is 5. The van der Waals surface area contributed by atoms with Crippen molar-refractivity contribution in [2.75, 3.05) is 17.7 Å². The quantitative estimate of drug-likeness (QED) is 0.342. The summed E-state index contributed by atoms with van der Waals surface area (Å²) in [6.07, 6.45) is 1.65. The Kier molecular flexibility index (Phi) is 9.13. The number of rotatable bonds is 8. The highest BCUT2D eigenvalue weighted by atomic mass is 19.1. The summed E-state index contributed by atoms with van der Waals surface area (Å²) >= 11 is 0. The number of hydrogen-bond donors (Lipinski definition) is 3. The fourth-order valence-corrected chi connectivity index (χ4v) is 3.23. The molecule has 0 saturated carbocycles. The molecule has 0 radical (unpaired) electrons. The van der Waals surface area contributed by atoms with E-state index in [1.807, 2.05) is 13.8 Å². The van der Waals surface area contributed by atoms with E-state index in [9.17, 15) is 14.0 Å². The zero-order valence-corrected chi connectivity index (χ0v) is 20.1. The molecule has 0 bridgehead atoms. The monoisotopic (exact) mass is 467 g/mol. The summed E-state index contributed by atoms with van der Waals surface area (Å²) < 4.78 is 20.9. The van der Waals surface area contributed by atoms with Crippen LogP contribution in [0.2, 0.25) is 0 Å². The normalized spacial score (nSPS) is 11.2. The average Bonchev–Trinajstić information content (AvgIpc) is 2.80. The molecule has 0 aromatic heterocycles. The fourth-order valence-electron chi connectivity index (χ4n) is 3.23. The van der Waals surface area contributed by atoms with Crippen molar-refractivity contribution in [3.63, 3.8) is 0 Å². The molecule has 2 aromatic carbocycles. The third-order valence-corrected chi connectivity index (χ3v) is 5.23. The lowest BCUT2D eigenvalue weighted by atomic mass is 10.1. The van der Waals surface area contributed by atoms with Gasteiger partial charge in [0.05, 0.1) is 29.0 Å². The van der Waals surface area contributed by atoms with Gasteiger partial charge >= 0.3 is 6.03 Å². The number of halogens is 1. The van der Waals surface area contributed by atoms with Crippen LogP contribution in [0.5, 0.6) is 5.75 Å². The number of nitriles is 1. The zero-order chi connectivity index (χ0) is 25.4. The third-order valence-electron chi connectivity index (χ3n) is 5.23. The standard InChI is InChI=1S/C25H30FN5O3/c1-6-8-16(4)34-22-13-21(30-25(33)31(5)23(28)7-2)20(26)12-19(22)24(32)29-18-10-9-17(14-27)15(3)11-18/h9-13,16,28H,6-8H2,1-5H3,(H,29,32)(H,30,33). The number of amides is 3. The molecule has 3 amide bonds. The van der Waals surface area contributed by atoms with Crippen molar-refractivity contribution < 1.29 is 18.7 Å². The van der Waals surface area contributed by atoms with Crippen LogP contribution in [0, 0.1) is 29.5 Å². The van der Waals surface area contributed by atoms with E-state index in [4.69, 9.17) is 15.4 Å². The van der Waals surface area contributed by atoms with Gasteiger partial charge in [-0.05, 0) is 50.1 Å². The second-order valence-corrected chi connectivity index (χ2v) is 7.93. The van der Waals surface area contributed by atoms with Crippen molar-refractivity contribution in [3.05, 3.63) is 52.8 Å². The van der Waals surface area contributed by atoms with E-state index in [0.717, 1.165) is 17.4 Å². The van der Waals surface area contributed by atoms with E-state index in [1.165, 1.54) is 13.1 Å². The summed E-state index contributed by atoms with van der Waals surface area (Å²) in [4.78, 5) is 26.5. The molecular formula is C25H30FN5O3. The molecule has 2 rings (SSSR count). The van der Waals surface area contributed by atoms with Crippen molar-refractivity contribution in [1.29, 1.82) is 10.7 Å². The van der Waals surface area contributed by atoms with Crippen molar-refractivity contribution in [2.24, 2.45) is 0 Å². The third kappa shape index (κ3) is 6.54. The predicted octanol–water partition coefficient (Wildman–Crippen LogP) is 5.68. The van der Waals surface area contributed by atoms with Gasteiger partial charge in [-0.25, -0.2) is 9.18 Å². The first-order chi connectivity index (χ1) is 16.1.